The van der Waals surface area contributed by atoms with Gasteiger partial charge in [0.05, 0.1) is 19.3 Å². The van der Waals surface area contributed by atoms with Crippen LogP contribution in [0.15, 0.2) is 80.3 Å². The zero-order chi connectivity index (χ0) is 22.8. The Labute approximate surface area is 192 Å². The molecule has 1 aliphatic heterocycles. The molecule has 3 N–H and O–H groups in total. The van der Waals surface area contributed by atoms with Crippen molar-refractivity contribution >= 4 is 46.3 Å². The maximum absolute atomic E-state index is 12.1. The first kappa shape index (κ1) is 24.4. The number of halogens is 1. The number of aliphatic imine (C=N–C) groups is 2. The predicted molar refractivity (Wildman–Crippen MR) is 132 cm³/mol. The number of rotatable bonds is 8. The van der Waals surface area contributed by atoms with Crippen LogP contribution in [0.25, 0.3) is 0 Å². The second kappa shape index (κ2) is 12.1. The first-order chi connectivity index (χ1) is 14.9. The number of carbonyl (C=O) groups is 1. The van der Waals surface area contributed by atoms with Crippen molar-refractivity contribution < 1.29 is 9.53 Å². The zero-order valence-corrected chi connectivity index (χ0v) is 19.5. The molecule has 8 heteroatoms. The second-order valence-corrected chi connectivity index (χ2v) is 8.04. The van der Waals surface area contributed by atoms with Gasteiger partial charge in [-0.15, -0.1) is 11.3 Å². The van der Waals surface area contributed by atoms with E-state index in [1.54, 1.807) is 12.2 Å². The van der Waals surface area contributed by atoms with Crippen LogP contribution < -0.4 is 11.1 Å². The summed E-state index contributed by atoms with van der Waals surface area (Å²) in [5, 5.41) is 5.79. The summed E-state index contributed by atoms with van der Waals surface area (Å²) >= 11 is 7.67. The van der Waals surface area contributed by atoms with Crippen molar-refractivity contribution in [3.05, 3.63) is 75.2 Å². The largest absolute Gasteiger partial charge is 0.465 e. The molecule has 0 aliphatic carbocycles. The Bertz CT molecular complexity index is 1010. The molecule has 2 heterocycles. The lowest BCUT2D eigenvalue weighted by Gasteiger charge is -2.13. The summed E-state index contributed by atoms with van der Waals surface area (Å²) in [5.41, 5.74) is 8.76. The Morgan fingerprint density at radius 3 is 2.90 bits per heavy atom. The molecule has 0 fully saturated rings. The Kier molecular flexibility index (Phi) is 9.49. The molecule has 1 aliphatic rings. The number of amidine groups is 2. The maximum atomic E-state index is 12.1. The van der Waals surface area contributed by atoms with Gasteiger partial charge in [0.25, 0.3) is 0 Å². The van der Waals surface area contributed by atoms with Gasteiger partial charge in [-0.2, -0.15) is 0 Å². The van der Waals surface area contributed by atoms with Crippen LogP contribution in [0.5, 0.6) is 0 Å². The van der Waals surface area contributed by atoms with Crippen LogP contribution in [0.2, 0.25) is 0 Å². The Balaban J connectivity index is 2.55. The van der Waals surface area contributed by atoms with Crippen molar-refractivity contribution in [2.75, 3.05) is 19.0 Å². The molecular formula is C23H27ClN4O2S. The molecule has 0 saturated heterocycles. The fraction of sp³-hybridized carbons (Fsp3) is 0.261. The number of nitrogens with two attached hydrogens (primary N) is 1. The molecule has 0 radical (unpaired) electrons. The average Bonchev–Trinajstić information content (AvgIpc) is 3.17. The molecule has 0 saturated carbocycles. The number of hydrogen-bond donors (Lipinski definition) is 2. The molecule has 6 nitrogen and oxygen atoms in total. The smallest absolute Gasteiger partial charge is 0.350 e. The third-order valence-corrected chi connectivity index (χ3v) is 5.65. The predicted octanol–water partition coefficient (Wildman–Crippen LogP) is 5.58. The molecule has 0 atom stereocenters. The van der Waals surface area contributed by atoms with Gasteiger partial charge in [0.1, 0.15) is 16.5 Å². The first-order valence-electron chi connectivity index (χ1n) is 9.74. The van der Waals surface area contributed by atoms with E-state index in [2.05, 4.69) is 16.9 Å². The van der Waals surface area contributed by atoms with E-state index in [1.165, 1.54) is 24.6 Å². The first-order valence-corrected chi connectivity index (χ1v) is 11.0. The molecule has 0 amide bonds. The van der Waals surface area contributed by atoms with E-state index in [4.69, 9.17) is 27.1 Å². The summed E-state index contributed by atoms with van der Waals surface area (Å²) in [6, 6.07) is 1.81. The van der Waals surface area contributed by atoms with Crippen LogP contribution >= 0.6 is 22.9 Å². The number of allylic oxidation sites excluding steroid dienone is 3. The molecule has 1 aromatic heterocycles. The molecule has 164 valence electrons. The normalized spacial score (nSPS) is 15.5. The fourth-order valence-corrected chi connectivity index (χ4v) is 3.61. The van der Waals surface area contributed by atoms with Crippen molar-refractivity contribution in [2.45, 2.75) is 26.7 Å². The monoisotopic (exact) mass is 458 g/mol. The number of nitrogens with zero attached hydrogens (tertiary/aromatic N) is 2. The molecule has 2 rings (SSSR count). The molecule has 0 unspecified atom stereocenters. The van der Waals surface area contributed by atoms with Crippen LogP contribution in [-0.4, -0.2) is 31.3 Å². The number of nitrogens with one attached hydrogen (secondary N) is 1. The van der Waals surface area contributed by atoms with Crippen LogP contribution in [0.1, 0.15) is 36.4 Å². The van der Waals surface area contributed by atoms with Gasteiger partial charge in [-0.25, -0.2) is 9.79 Å². The zero-order valence-electron chi connectivity index (χ0n) is 17.9. The lowest BCUT2D eigenvalue weighted by Crippen LogP contribution is -2.18. The number of hydrogen-bond acceptors (Lipinski definition) is 7. The van der Waals surface area contributed by atoms with E-state index < -0.39 is 5.97 Å². The van der Waals surface area contributed by atoms with Crippen LogP contribution in [-0.2, 0) is 4.74 Å². The number of methoxy groups -OCH3 is 1. The van der Waals surface area contributed by atoms with E-state index in [9.17, 15) is 4.79 Å². The van der Waals surface area contributed by atoms with Crippen molar-refractivity contribution in [3.8, 4) is 0 Å². The molecule has 0 spiro atoms. The number of thiophene rings is 1. The quantitative estimate of drug-likeness (QED) is 0.393. The summed E-state index contributed by atoms with van der Waals surface area (Å²) in [6.07, 6.45) is 10.0. The average molecular weight is 459 g/mol. The highest BCUT2D eigenvalue weighted by Crippen LogP contribution is 2.26. The molecule has 31 heavy (non-hydrogen) atoms. The van der Waals surface area contributed by atoms with Gasteiger partial charge >= 0.3 is 5.97 Å². The van der Waals surface area contributed by atoms with Gasteiger partial charge in [-0.1, -0.05) is 42.8 Å². The van der Waals surface area contributed by atoms with Crippen molar-refractivity contribution in [1.82, 2.24) is 0 Å². The summed E-state index contributed by atoms with van der Waals surface area (Å²) in [6.45, 7) is 8.32. The minimum Gasteiger partial charge on any atom is -0.465 e. The highest BCUT2D eigenvalue weighted by molar-refractivity contribution is 7.12. The van der Waals surface area contributed by atoms with E-state index >= 15 is 0 Å². The molecular weight excluding hydrogens is 432 g/mol. The van der Waals surface area contributed by atoms with Crippen molar-refractivity contribution in [3.63, 3.8) is 0 Å². The lowest BCUT2D eigenvalue weighted by atomic mass is 10.1. The SMILES string of the molecule is C=CC1=C(/C=C(/Cl)CC)C(Nc2ccsc2C(=O)OC)=NC(C/C(C)=C/C=C\N)=NC1. The summed E-state index contributed by atoms with van der Waals surface area (Å²) in [5.74, 6) is 0.778. The topological polar surface area (TPSA) is 89.1 Å². The maximum Gasteiger partial charge on any atom is 0.350 e. The third kappa shape index (κ3) is 6.80. The summed E-state index contributed by atoms with van der Waals surface area (Å²) in [7, 11) is 1.36. The Morgan fingerprint density at radius 1 is 1.48 bits per heavy atom. The van der Waals surface area contributed by atoms with Gasteiger partial charge in [0.15, 0.2) is 0 Å². The number of ether oxygens (including phenoxy) is 1. The number of anilines is 1. The summed E-state index contributed by atoms with van der Waals surface area (Å²) < 4.78 is 4.89. The van der Waals surface area contributed by atoms with Crippen LogP contribution in [0.4, 0.5) is 5.69 Å². The highest BCUT2D eigenvalue weighted by Gasteiger charge is 2.20. The molecule has 1 aromatic rings. The fourth-order valence-electron chi connectivity index (χ4n) is 2.74. The minimum atomic E-state index is -0.412. The summed E-state index contributed by atoms with van der Waals surface area (Å²) in [4.78, 5) is 22.1. The Hall–Kier alpha value is -2.90. The second-order valence-electron chi connectivity index (χ2n) is 6.64. The molecule has 0 aromatic carbocycles. The standard InChI is InChI=1S/C23H27ClN4O2S/c1-5-16-14-26-20(12-15(3)8-7-10-25)28-22(18(16)13-17(24)6-2)27-19-9-11-31-21(19)23(29)30-4/h5,7-11,13H,1,6,12,14,25H2,2-4H3,(H,26,27,28)/b10-7-,15-8+,17-13+. The van der Waals surface area contributed by atoms with Gasteiger partial charge in [0.2, 0.25) is 0 Å². The third-order valence-electron chi connectivity index (χ3n) is 4.38. The van der Waals surface area contributed by atoms with Gasteiger partial charge in [-0.05, 0) is 48.7 Å². The Morgan fingerprint density at radius 2 is 2.26 bits per heavy atom. The van der Waals surface area contributed by atoms with E-state index in [0.717, 1.165) is 16.7 Å². The van der Waals surface area contributed by atoms with E-state index in [1.807, 2.05) is 37.4 Å². The van der Waals surface area contributed by atoms with Gasteiger partial charge < -0.3 is 15.8 Å². The lowest BCUT2D eigenvalue weighted by molar-refractivity contribution is 0.0607. The van der Waals surface area contributed by atoms with E-state index in [-0.39, 0.29) is 0 Å². The van der Waals surface area contributed by atoms with Gasteiger partial charge in [-0.3, -0.25) is 4.99 Å². The highest BCUT2D eigenvalue weighted by atomic mass is 35.5. The van der Waals surface area contributed by atoms with Crippen LogP contribution in [0, 0.1) is 0 Å². The number of esters is 1. The van der Waals surface area contributed by atoms with Crippen LogP contribution in [0.3, 0.4) is 0 Å². The van der Waals surface area contributed by atoms with E-state index in [0.29, 0.717) is 46.7 Å². The van der Waals surface area contributed by atoms with Crippen molar-refractivity contribution in [2.24, 2.45) is 15.7 Å². The van der Waals surface area contributed by atoms with Gasteiger partial charge in [0, 0.05) is 17.0 Å². The minimum absolute atomic E-state index is 0.412. The molecule has 0 bridgehead atoms. The number of carbonyl (C=O) groups excluding carboxylic acids is 1. The van der Waals surface area contributed by atoms with Crippen molar-refractivity contribution in [1.29, 1.82) is 0 Å².